The fourth-order valence-corrected chi connectivity index (χ4v) is 4.36. The highest BCUT2D eigenvalue weighted by atomic mass is 16.5. The Kier molecular flexibility index (Phi) is 6.40. The monoisotopic (exact) mass is 442 g/mol. The molecule has 1 N–H and O–H groups in total. The molecule has 0 unspecified atom stereocenters. The predicted molar refractivity (Wildman–Crippen MR) is 132 cm³/mol. The van der Waals surface area contributed by atoms with Crippen molar-refractivity contribution in [2.45, 2.75) is 33.9 Å². The van der Waals surface area contributed by atoms with E-state index in [4.69, 9.17) is 9.47 Å². The molecule has 0 aliphatic carbocycles. The first-order valence-corrected chi connectivity index (χ1v) is 11.1. The molecule has 0 aliphatic heterocycles. The van der Waals surface area contributed by atoms with Gasteiger partial charge in [-0.05, 0) is 56.2 Å². The van der Waals surface area contributed by atoms with E-state index >= 15 is 0 Å². The number of ether oxygens (including phenoxy) is 2. The highest BCUT2D eigenvalue weighted by Crippen LogP contribution is 2.31. The van der Waals surface area contributed by atoms with Crippen molar-refractivity contribution < 1.29 is 14.3 Å². The van der Waals surface area contributed by atoms with Gasteiger partial charge < -0.3 is 19.4 Å². The highest BCUT2D eigenvalue weighted by Gasteiger charge is 2.15. The van der Waals surface area contributed by atoms with Crippen LogP contribution in [-0.2, 0) is 13.1 Å². The van der Waals surface area contributed by atoms with E-state index < -0.39 is 0 Å². The van der Waals surface area contributed by atoms with Crippen LogP contribution in [0.3, 0.4) is 0 Å². The molecular formula is C28H30N2O3. The van der Waals surface area contributed by atoms with Gasteiger partial charge >= 0.3 is 0 Å². The van der Waals surface area contributed by atoms with Crippen LogP contribution >= 0.6 is 0 Å². The fraction of sp³-hybridized carbons (Fsp3) is 0.250. The van der Waals surface area contributed by atoms with Gasteiger partial charge in [0, 0.05) is 40.8 Å². The van der Waals surface area contributed by atoms with Crippen LogP contribution in [0.1, 0.15) is 38.3 Å². The number of benzene rings is 3. The first-order valence-electron chi connectivity index (χ1n) is 11.1. The lowest BCUT2D eigenvalue weighted by Crippen LogP contribution is -2.23. The van der Waals surface area contributed by atoms with E-state index in [1.807, 2.05) is 36.4 Å². The number of nitrogens with one attached hydrogen (secondary N) is 1. The maximum absolute atomic E-state index is 13.0. The third kappa shape index (κ3) is 4.44. The molecule has 1 amide bonds. The number of aromatic nitrogens is 1. The number of carbonyl (C=O) groups excluding carboxylic acids is 1. The molecule has 0 aliphatic rings. The van der Waals surface area contributed by atoms with Crippen LogP contribution in [0.2, 0.25) is 0 Å². The van der Waals surface area contributed by atoms with Crippen molar-refractivity contribution in [1.29, 1.82) is 0 Å². The van der Waals surface area contributed by atoms with Gasteiger partial charge in [0.2, 0.25) is 0 Å². The van der Waals surface area contributed by atoms with Gasteiger partial charge in [0.1, 0.15) is 0 Å². The summed E-state index contributed by atoms with van der Waals surface area (Å²) in [7, 11) is 3.20. The van der Waals surface area contributed by atoms with E-state index in [9.17, 15) is 4.79 Å². The van der Waals surface area contributed by atoms with E-state index in [2.05, 4.69) is 54.9 Å². The third-order valence-electron chi connectivity index (χ3n) is 6.25. The summed E-state index contributed by atoms with van der Waals surface area (Å²) < 4.78 is 13.1. The first-order chi connectivity index (χ1) is 15.9. The molecule has 0 saturated carbocycles. The molecule has 0 fully saturated rings. The molecule has 4 rings (SSSR count). The van der Waals surface area contributed by atoms with Gasteiger partial charge in [-0.3, -0.25) is 4.79 Å². The van der Waals surface area contributed by atoms with Crippen molar-refractivity contribution in [2.75, 3.05) is 14.2 Å². The molecule has 4 aromatic rings. The average molecular weight is 443 g/mol. The van der Waals surface area contributed by atoms with E-state index in [-0.39, 0.29) is 5.91 Å². The second-order valence-electron chi connectivity index (χ2n) is 8.35. The van der Waals surface area contributed by atoms with Gasteiger partial charge in [0.15, 0.2) is 11.5 Å². The average Bonchev–Trinajstić information content (AvgIpc) is 3.06. The maximum Gasteiger partial charge on any atom is 0.251 e. The highest BCUT2D eigenvalue weighted by molar-refractivity contribution is 5.99. The van der Waals surface area contributed by atoms with E-state index in [1.165, 1.54) is 22.4 Å². The number of para-hydroxylation sites is 1. The minimum atomic E-state index is -0.120. The molecule has 1 aromatic heterocycles. The lowest BCUT2D eigenvalue weighted by atomic mass is 10.1. The number of nitrogens with zero attached hydrogens (tertiary/aromatic N) is 1. The number of amides is 1. The summed E-state index contributed by atoms with van der Waals surface area (Å²) in [4.78, 5) is 13.0. The van der Waals surface area contributed by atoms with Gasteiger partial charge in [-0.25, -0.2) is 0 Å². The van der Waals surface area contributed by atoms with Crippen LogP contribution in [0.5, 0.6) is 11.5 Å². The van der Waals surface area contributed by atoms with Gasteiger partial charge in [0.25, 0.3) is 5.91 Å². The van der Waals surface area contributed by atoms with Crippen LogP contribution in [0.25, 0.3) is 10.9 Å². The molecule has 5 nitrogen and oxygen atoms in total. The van der Waals surface area contributed by atoms with Crippen molar-refractivity contribution in [1.82, 2.24) is 9.88 Å². The van der Waals surface area contributed by atoms with Crippen LogP contribution in [0.4, 0.5) is 0 Å². The van der Waals surface area contributed by atoms with Gasteiger partial charge in [-0.1, -0.05) is 42.0 Å². The van der Waals surface area contributed by atoms with Crippen molar-refractivity contribution >= 4 is 16.8 Å². The molecule has 3 aromatic carbocycles. The molecule has 5 heteroatoms. The number of fused-ring (bicyclic) bond motifs is 1. The topological polar surface area (TPSA) is 52.5 Å². The molecule has 0 radical (unpaired) electrons. The summed E-state index contributed by atoms with van der Waals surface area (Å²) in [6.45, 7) is 7.52. The summed E-state index contributed by atoms with van der Waals surface area (Å²) in [5, 5.41) is 4.12. The Morgan fingerprint density at radius 2 is 1.73 bits per heavy atom. The molecule has 33 heavy (non-hydrogen) atoms. The summed E-state index contributed by atoms with van der Waals surface area (Å²) in [5.41, 5.74) is 7.57. The van der Waals surface area contributed by atoms with Crippen LogP contribution in [0.15, 0.2) is 60.7 Å². The van der Waals surface area contributed by atoms with Crippen LogP contribution < -0.4 is 14.8 Å². The second kappa shape index (κ2) is 9.41. The number of methoxy groups -OCH3 is 2. The molecular weight excluding hydrogens is 412 g/mol. The Morgan fingerprint density at radius 1 is 0.939 bits per heavy atom. The molecule has 1 heterocycles. The zero-order valence-electron chi connectivity index (χ0n) is 19.9. The number of carbonyl (C=O) groups is 1. The summed E-state index contributed by atoms with van der Waals surface area (Å²) in [6, 6.07) is 20.2. The van der Waals surface area contributed by atoms with Crippen LogP contribution in [0, 0.1) is 20.8 Å². The Balaban J connectivity index is 1.58. The Hall–Kier alpha value is -3.73. The zero-order chi connectivity index (χ0) is 23.5. The number of aryl methyl sites for hydroxylation is 2. The Labute approximate surface area is 195 Å². The van der Waals surface area contributed by atoms with Gasteiger partial charge in [-0.15, -0.1) is 0 Å². The molecule has 170 valence electrons. The second-order valence-corrected chi connectivity index (χ2v) is 8.35. The minimum absolute atomic E-state index is 0.120. The lowest BCUT2D eigenvalue weighted by molar-refractivity contribution is 0.0950. The fourth-order valence-electron chi connectivity index (χ4n) is 4.36. The van der Waals surface area contributed by atoms with Crippen molar-refractivity contribution in [3.63, 3.8) is 0 Å². The number of rotatable bonds is 7. The quantitative estimate of drug-likeness (QED) is 0.408. The Bertz CT molecular complexity index is 1320. The summed E-state index contributed by atoms with van der Waals surface area (Å²) >= 11 is 0. The van der Waals surface area contributed by atoms with Crippen molar-refractivity contribution in [2.24, 2.45) is 0 Å². The standard InChI is InChI=1S/C28H30N2O3/c1-18-8-6-9-21(14-18)17-30-20(3)19(2)24-15-22(12-13-25(24)30)28(31)29-16-23-10-7-11-26(32-4)27(23)33-5/h6-15H,16-17H2,1-5H3,(H,29,31). The van der Waals surface area contributed by atoms with Crippen molar-refractivity contribution in [3.8, 4) is 11.5 Å². The molecule has 0 spiro atoms. The number of hydrogen-bond acceptors (Lipinski definition) is 3. The predicted octanol–water partition coefficient (Wildman–Crippen LogP) is 5.56. The SMILES string of the molecule is COc1cccc(CNC(=O)c2ccc3c(c2)c(C)c(C)n3Cc2cccc(C)c2)c1OC. The molecule has 0 saturated heterocycles. The van der Waals surface area contributed by atoms with Gasteiger partial charge in [0.05, 0.1) is 14.2 Å². The molecule has 0 atom stereocenters. The van der Waals surface area contributed by atoms with E-state index in [1.54, 1.807) is 14.2 Å². The summed E-state index contributed by atoms with van der Waals surface area (Å²) in [5.74, 6) is 1.16. The van der Waals surface area contributed by atoms with Crippen LogP contribution in [-0.4, -0.2) is 24.7 Å². The normalized spacial score (nSPS) is 10.9. The minimum Gasteiger partial charge on any atom is -0.493 e. The first kappa shape index (κ1) is 22.5. The smallest absolute Gasteiger partial charge is 0.251 e. The van der Waals surface area contributed by atoms with E-state index in [0.29, 0.717) is 23.6 Å². The third-order valence-corrected chi connectivity index (χ3v) is 6.25. The van der Waals surface area contributed by atoms with Gasteiger partial charge in [-0.2, -0.15) is 0 Å². The Morgan fingerprint density at radius 3 is 2.45 bits per heavy atom. The zero-order valence-corrected chi connectivity index (χ0v) is 19.9. The van der Waals surface area contributed by atoms with Crippen molar-refractivity contribution in [3.05, 3.63) is 94.2 Å². The van der Waals surface area contributed by atoms with E-state index in [0.717, 1.165) is 23.0 Å². The summed E-state index contributed by atoms with van der Waals surface area (Å²) in [6.07, 6.45) is 0. The number of hydrogen-bond donors (Lipinski definition) is 1. The molecule has 0 bridgehead atoms. The largest absolute Gasteiger partial charge is 0.493 e. The maximum atomic E-state index is 13.0. The lowest BCUT2D eigenvalue weighted by Gasteiger charge is -2.13.